The summed E-state index contributed by atoms with van der Waals surface area (Å²) in [5.74, 6) is 1.09. The highest BCUT2D eigenvalue weighted by atomic mass is 32.2. The number of carbonyl (C=O) groups is 1. The van der Waals surface area contributed by atoms with Crippen LogP contribution in [0.5, 0.6) is 17.2 Å². The third kappa shape index (κ3) is 5.89. The molecule has 1 N–H and O–H groups in total. The van der Waals surface area contributed by atoms with E-state index in [4.69, 9.17) is 14.2 Å². The van der Waals surface area contributed by atoms with Crippen molar-refractivity contribution in [3.05, 3.63) is 42.5 Å². The maximum absolute atomic E-state index is 13.2. The van der Waals surface area contributed by atoms with E-state index >= 15 is 0 Å². The number of sulfonamides is 1. The van der Waals surface area contributed by atoms with Gasteiger partial charge in [-0.15, -0.1) is 0 Å². The molecule has 1 aliphatic heterocycles. The highest BCUT2D eigenvalue weighted by Crippen LogP contribution is 2.31. The summed E-state index contributed by atoms with van der Waals surface area (Å²) < 4.78 is 43.9. The molecule has 0 aromatic heterocycles. The van der Waals surface area contributed by atoms with Crippen LogP contribution in [-0.4, -0.2) is 52.0 Å². The molecule has 1 fully saturated rings. The minimum atomic E-state index is -3.72. The molecule has 9 heteroatoms. The molecule has 1 heterocycles. The van der Waals surface area contributed by atoms with E-state index in [-0.39, 0.29) is 17.3 Å². The number of nitrogens with one attached hydrogen (secondary N) is 1. The van der Waals surface area contributed by atoms with E-state index < -0.39 is 15.9 Å². The Morgan fingerprint density at radius 2 is 1.68 bits per heavy atom. The van der Waals surface area contributed by atoms with E-state index in [0.29, 0.717) is 36.9 Å². The molecular weight excluding hydrogens is 420 g/mol. The number of anilines is 1. The predicted molar refractivity (Wildman–Crippen MR) is 117 cm³/mol. The van der Waals surface area contributed by atoms with Crippen molar-refractivity contribution in [2.45, 2.75) is 31.1 Å². The summed E-state index contributed by atoms with van der Waals surface area (Å²) in [7, 11) is -2.15. The van der Waals surface area contributed by atoms with Gasteiger partial charge in [0.2, 0.25) is 10.0 Å². The summed E-state index contributed by atoms with van der Waals surface area (Å²) in [5, 5.41) is 2.69. The van der Waals surface area contributed by atoms with Crippen molar-refractivity contribution in [2.75, 3.05) is 38.7 Å². The molecule has 1 amide bonds. The van der Waals surface area contributed by atoms with Gasteiger partial charge < -0.3 is 19.5 Å². The number of benzene rings is 2. The van der Waals surface area contributed by atoms with E-state index in [2.05, 4.69) is 5.32 Å². The Hall–Kier alpha value is -2.78. The number of nitrogens with zero attached hydrogens (tertiary/aromatic N) is 1. The molecule has 31 heavy (non-hydrogen) atoms. The van der Waals surface area contributed by atoms with Crippen LogP contribution in [0.3, 0.4) is 0 Å². The third-order valence-corrected chi connectivity index (χ3v) is 6.81. The van der Waals surface area contributed by atoms with Gasteiger partial charge >= 0.3 is 0 Å². The quantitative estimate of drug-likeness (QED) is 0.633. The number of hydrogen-bond donors (Lipinski definition) is 1. The van der Waals surface area contributed by atoms with E-state index in [9.17, 15) is 13.2 Å². The Morgan fingerprint density at radius 3 is 2.32 bits per heavy atom. The van der Waals surface area contributed by atoms with E-state index in [1.54, 1.807) is 50.4 Å². The van der Waals surface area contributed by atoms with E-state index in [1.165, 1.54) is 10.4 Å². The van der Waals surface area contributed by atoms with Gasteiger partial charge in [0.05, 0.1) is 13.7 Å². The van der Waals surface area contributed by atoms with Crippen molar-refractivity contribution in [2.24, 2.45) is 0 Å². The molecule has 0 saturated carbocycles. The van der Waals surface area contributed by atoms with Crippen LogP contribution < -0.4 is 19.5 Å². The lowest BCUT2D eigenvalue weighted by Crippen LogP contribution is -2.35. The minimum Gasteiger partial charge on any atom is -0.497 e. The van der Waals surface area contributed by atoms with Crippen LogP contribution in [-0.2, 0) is 14.8 Å². The number of piperidine rings is 1. The molecule has 8 nitrogen and oxygen atoms in total. The normalized spacial score (nSPS) is 14.6. The fourth-order valence-corrected chi connectivity index (χ4v) is 5.00. The lowest BCUT2D eigenvalue weighted by atomic mass is 10.2. The maximum atomic E-state index is 13.2. The molecule has 0 atom stereocenters. The van der Waals surface area contributed by atoms with Crippen LogP contribution in [0.25, 0.3) is 0 Å². The smallest absolute Gasteiger partial charge is 0.262 e. The van der Waals surface area contributed by atoms with Crippen molar-refractivity contribution in [3.63, 3.8) is 0 Å². The van der Waals surface area contributed by atoms with Gasteiger partial charge in [0, 0.05) is 18.8 Å². The number of amides is 1. The summed E-state index contributed by atoms with van der Waals surface area (Å²) in [6.45, 7) is 2.89. The van der Waals surface area contributed by atoms with Crippen LogP contribution in [0.15, 0.2) is 47.4 Å². The van der Waals surface area contributed by atoms with Crippen molar-refractivity contribution in [1.82, 2.24) is 4.31 Å². The molecular formula is C22H28N2O6S. The van der Waals surface area contributed by atoms with Crippen molar-refractivity contribution < 1.29 is 27.4 Å². The SMILES string of the molecule is CCOc1ccc(NC(=O)COc2ccc(OC)cc2)cc1S(=O)(=O)N1CCCCC1. The Morgan fingerprint density at radius 1 is 1.00 bits per heavy atom. The topological polar surface area (TPSA) is 94.2 Å². The zero-order valence-electron chi connectivity index (χ0n) is 17.8. The lowest BCUT2D eigenvalue weighted by molar-refractivity contribution is -0.118. The van der Waals surface area contributed by atoms with Crippen LogP contribution in [0.2, 0.25) is 0 Å². The summed E-state index contributed by atoms with van der Waals surface area (Å²) in [4.78, 5) is 12.4. The maximum Gasteiger partial charge on any atom is 0.262 e. The zero-order valence-corrected chi connectivity index (χ0v) is 18.6. The molecule has 168 valence electrons. The largest absolute Gasteiger partial charge is 0.497 e. The van der Waals surface area contributed by atoms with Crippen LogP contribution in [0.1, 0.15) is 26.2 Å². The van der Waals surface area contributed by atoms with Crippen molar-refractivity contribution in [1.29, 1.82) is 0 Å². The minimum absolute atomic E-state index is 0.0603. The van der Waals surface area contributed by atoms with Gasteiger partial charge in [-0.3, -0.25) is 4.79 Å². The molecule has 0 spiro atoms. The Balaban J connectivity index is 1.72. The number of hydrogen-bond acceptors (Lipinski definition) is 6. The fourth-order valence-electron chi connectivity index (χ4n) is 3.32. The lowest BCUT2D eigenvalue weighted by Gasteiger charge is -2.27. The van der Waals surface area contributed by atoms with Gasteiger partial charge in [-0.25, -0.2) is 8.42 Å². The average Bonchev–Trinajstić information content (AvgIpc) is 2.79. The van der Waals surface area contributed by atoms with Gasteiger partial charge in [-0.05, 0) is 62.2 Å². The fraction of sp³-hybridized carbons (Fsp3) is 0.409. The molecule has 3 rings (SSSR count). The summed E-state index contributed by atoms with van der Waals surface area (Å²) >= 11 is 0. The Kier molecular flexibility index (Phi) is 7.75. The van der Waals surface area contributed by atoms with Gasteiger partial charge in [0.1, 0.15) is 22.1 Å². The van der Waals surface area contributed by atoms with E-state index in [1.807, 2.05) is 0 Å². The summed E-state index contributed by atoms with van der Waals surface area (Å²) in [5.41, 5.74) is 0.363. The highest BCUT2D eigenvalue weighted by Gasteiger charge is 2.29. The molecule has 1 saturated heterocycles. The molecule has 0 bridgehead atoms. The van der Waals surface area contributed by atoms with Crippen LogP contribution >= 0.6 is 0 Å². The van der Waals surface area contributed by atoms with Crippen molar-refractivity contribution >= 4 is 21.6 Å². The second-order valence-corrected chi connectivity index (χ2v) is 8.98. The molecule has 1 aliphatic rings. The molecule has 2 aromatic carbocycles. The Bertz CT molecular complexity index is 986. The van der Waals surface area contributed by atoms with Crippen LogP contribution in [0.4, 0.5) is 5.69 Å². The first-order chi connectivity index (χ1) is 14.9. The second kappa shape index (κ2) is 10.5. The first kappa shape index (κ1) is 22.9. The second-order valence-electron chi connectivity index (χ2n) is 7.07. The van der Waals surface area contributed by atoms with E-state index in [0.717, 1.165) is 19.3 Å². The van der Waals surface area contributed by atoms with Gasteiger partial charge in [0.15, 0.2) is 6.61 Å². The van der Waals surface area contributed by atoms with Gasteiger partial charge in [-0.1, -0.05) is 6.42 Å². The third-order valence-electron chi connectivity index (χ3n) is 4.89. The number of rotatable bonds is 9. The molecule has 0 unspecified atom stereocenters. The highest BCUT2D eigenvalue weighted by molar-refractivity contribution is 7.89. The first-order valence-electron chi connectivity index (χ1n) is 10.3. The summed E-state index contributed by atoms with van der Waals surface area (Å²) in [6.07, 6.45) is 2.69. The molecule has 2 aromatic rings. The summed E-state index contributed by atoms with van der Waals surface area (Å²) in [6, 6.07) is 11.5. The van der Waals surface area contributed by atoms with Crippen molar-refractivity contribution in [3.8, 4) is 17.2 Å². The zero-order chi connectivity index (χ0) is 22.3. The first-order valence-corrected chi connectivity index (χ1v) is 11.7. The average molecular weight is 449 g/mol. The number of ether oxygens (including phenoxy) is 3. The van der Waals surface area contributed by atoms with Gasteiger partial charge in [0.25, 0.3) is 5.91 Å². The number of carbonyl (C=O) groups excluding carboxylic acids is 1. The van der Waals surface area contributed by atoms with Gasteiger partial charge in [-0.2, -0.15) is 4.31 Å². The molecule has 0 aliphatic carbocycles. The monoisotopic (exact) mass is 448 g/mol. The molecule has 0 radical (unpaired) electrons. The number of methoxy groups -OCH3 is 1. The van der Waals surface area contributed by atoms with Crippen LogP contribution in [0, 0.1) is 0 Å². The Labute approximate surface area is 183 Å². The predicted octanol–water partition coefficient (Wildman–Crippen LogP) is 3.29. The standard InChI is InChI=1S/C22H28N2O6S/c1-3-29-20-12-7-17(15-21(20)31(26,27)24-13-5-4-6-14-24)23-22(25)16-30-19-10-8-18(28-2)9-11-19/h7-12,15H,3-6,13-14,16H2,1-2H3,(H,23,25).